The van der Waals surface area contributed by atoms with E-state index in [0.29, 0.717) is 6.54 Å². The van der Waals surface area contributed by atoms with E-state index in [1.54, 1.807) is 14.2 Å². The van der Waals surface area contributed by atoms with Crippen molar-refractivity contribution in [3.63, 3.8) is 0 Å². The van der Waals surface area contributed by atoms with Gasteiger partial charge in [0, 0.05) is 12.1 Å². The van der Waals surface area contributed by atoms with Crippen LogP contribution in [-0.2, 0) is 6.54 Å². The molecule has 0 fully saturated rings. The van der Waals surface area contributed by atoms with Gasteiger partial charge >= 0.3 is 0 Å². The molecule has 0 heterocycles. The van der Waals surface area contributed by atoms with Crippen LogP contribution in [0.25, 0.3) is 11.1 Å². The summed E-state index contributed by atoms with van der Waals surface area (Å²) in [6, 6.07) is 10.2. The fourth-order valence-electron chi connectivity index (χ4n) is 2.23. The third-order valence-electron chi connectivity index (χ3n) is 3.26. The van der Waals surface area contributed by atoms with E-state index in [4.69, 9.17) is 15.2 Å². The van der Waals surface area contributed by atoms with Gasteiger partial charge in [-0.1, -0.05) is 23.8 Å². The van der Waals surface area contributed by atoms with Crippen LogP contribution in [0.15, 0.2) is 34.8 Å². The highest BCUT2D eigenvalue weighted by molar-refractivity contribution is 9.10. The van der Waals surface area contributed by atoms with E-state index >= 15 is 0 Å². The zero-order valence-electron chi connectivity index (χ0n) is 11.9. The van der Waals surface area contributed by atoms with Crippen LogP contribution in [-0.4, -0.2) is 14.2 Å². The lowest BCUT2D eigenvalue weighted by Gasteiger charge is -2.16. The summed E-state index contributed by atoms with van der Waals surface area (Å²) < 4.78 is 11.7. The summed E-state index contributed by atoms with van der Waals surface area (Å²) in [6.45, 7) is 2.55. The maximum atomic E-state index is 5.85. The lowest BCUT2D eigenvalue weighted by Crippen LogP contribution is -2.01. The predicted molar refractivity (Wildman–Crippen MR) is 85.3 cm³/mol. The van der Waals surface area contributed by atoms with Crippen LogP contribution in [0.5, 0.6) is 11.5 Å². The largest absolute Gasteiger partial charge is 0.495 e. The molecule has 0 aliphatic rings. The molecule has 0 amide bonds. The second-order valence-electron chi connectivity index (χ2n) is 4.53. The topological polar surface area (TPSA) is 44.5 Å². The molecule has 2 aromatic carbocycles. The molecular formula is C16H18BrNO2. The van der Waals surface area contributed by atoms with Crippen molar-refractivity contribution < 1.29 is 9.47 Å². The Morgan fingerprint density at radius 3 is 2.40 bits per heavy atom. The van der Waals surface area contributed by atoms with Crippen molar-refractivity contribution in [1.82, 2.24) is 0 Å². The molecule has 0 unspecified atom stereocenters. The molecule has 20 heavy (non-hydrogen) atoms. The van der Waals surface area contributed by atoms with Gasteiger partial charge in [0.1, 0.15) is 16.0 Å². The van der Waals surface area contributed by atoms with Gasteiger partial charge in [-0.2, -0.15) is 0 Å². The summed E-state index contributed by atoms with van der Waals surface area (Å²) in [5.74, 6) is 1.50. The molecule has 0 saturated heterocycles. The minimum absolute atomic E-state index is 0.489. The number of nitrogens with two attached hydrogens (primary N) is 1. The van der Waals surface area contributed by atoms with E-state index in [9.17, 15) is 0 Å². The molecule has 0 bridgehead atoms. The molecule has 4 heteroatoms. The molecular weight excluding hydrogens is 318 g/mol. The molecule has 0 spiro atoms. The molecule has 0 aliphatic heterocycles. The van der Waals surface area contributed by atoms with Gasteiger partial charge in [-0.15, -0.1) is 0 Å². The number of rotatable bonds is 4. The highest BCUT2D eigenvalue weighted by atomic mass is 79.9. The lowest BCUT2D eigenvalue weighted by molar-refractivity contribution is 0.390. The molecule has 0 saturated carbocycles. The van der Waals surface area contributed by atoms with E-state index in [2.05, 4.69) is 41.1 Å². The van der Waals surface area contributed by atoms with Gasteiger partial charge in [0.15, 0.2) is 0 Å². The Morgan fingerprint density at radius 1 is 1.05 bits per heavy atom. The van der Waals surface area contributed by atoms with Crippen LogP contribution >= 0.6 is 15.9 Å². The SMILES string of the molecule is COc1ccc(-c2cc(C)ccc2CN)c(OC)c1Br. The molecule has 2 rings (SSSR count). The number of methoxy groups -OCH3 is 2. The van der Waals surface area contributed by atoms with Crippen LogP contribution in [0.1, 0.15) is 11.1 Å². The zero-order chi connectivity index (χ0) is 14.7. The normalized spacial score (nSPS) is 10.4. The van der Waals surface area contributed by atoms with Gasteiger partial charge in [0.25, 0.3) is 0 Å². The van der Waals surface area contributed by atoms with E-state index < -0.39 is 0 Å². The first kappa shape index (κ1) is 14.9. The Kier molecular flexibility index (Phi) is 4.68. The number of aryl methyl sites for hydroxylation is 1. The van der Waals surface area contributed by atoms with Gasteiger partial charge in [-0.3, -0.25) is 0 Å². The number of hydrogen-bond donors (Lipinski definition) is 1. The average Bonchev–Trinajstić information content (AvgIpc) is 2.46. The summed E-state index contributed by atoms with van der Waals surface area (Å²) in [6.07, 6.45) is 0. The fourth-order valence-corrected chi connectivity index (χ4v) is 2.90. The van der Waals surface area contributed by atoms with Gasteiger partial charge < -0.3 is 15.2 Å². The minimum atomic E-state index is 0.489. The van der Waals surface area contributed by atoms with Crippen LogP contribution in [0.3, 0.4) is 0 Å². The molecule has 0 aromatic heterocycles. The second kappa shape index (κ2) is 6.29. The van der Waals surface area contributed by atoms with Crippen molar-refractivity contribution in [2.24, 2.45) is 5.73 Å². The highest BCUT2D eigenvalue weighted by Gasteiger charge is 2.16. The van der Waals surface area contributed by atoms with Gasteiger partial charge in [-0.25, -0.2) is 0 Å². The first-order chi connectivity index (χ1) is 9.62. The summed E-state index contributed by atoms with van der Waals surface area (Å²) in [5.41, 5.74) is 10.2. The molecule has 106 valence electrons. The van der Waals surface area contributed by atoms with Gasteiger partial charge in [0.05, 0.1) is 14.2 Å². The third-order valence-corrected chi connectivity index (χ3v) is 4.01. The van der Waals surface area contributed by atoms with E-state index in [0.717, 1.165) is 32.7 Å². The van der Waals surface area contributed by atoms with Crippen molar-refractivity contribution >= 4 is 15.9 Å². The average molecular weight is 336 g/mol. The van der Waals surface area contributed by atoms with E-state index in [1.807, 2.05) is 12.1 Å². The van der Waals surface area contributed by atoms with Crippen molar-refractivity contribution in [3.05, 3.63) is 45.9 Å². The monoisotopic (exact) mass is 335 g/mol. The van der Waals surface area contributed by atoms with E-state index in [1.165, 1.54) is 5.56 Å². The van der Waals surface area contributed by atoms with Crippen LogP contribution in [0, 0.1) is 6.92 Å². The lowest BCUT2D eigenvalue weighted by atomic mass is 9.96. The molecule has 2 aromatic rings. The number of hydrogen-bond acceptors (Lipinski definition) is 3. The summed E-state index contributed by atoms with van der Waals surface area (Å²) in [4.78, 5) is 0. The summed E-state index contributed by atoms with van der Waals surface area (Å²) in [7, 11) is 3.29. The third kappa shape index (κ3) is 2.67. The van der Waals surface area contributed by atoms with Crippen molar-refractivity contribution in [2.75, 3.05) is 14.2 Å². The fraction of sp³-hybridized carbons (Fsp3) is 0.250. The Bertz CT molecular complexity index is 626. The van der Waals surface area contributed by atoms with Crippen molar-refractivity contribution in [3.8, 4) is 22.6 Å². The standard InChI is InChI=1S/C16H18BrNO2/c1-10-4-5-11(9-18)13(8-10)12-6-7-14(19-2)15(17)16(12)20-3/h4-8H,9,18H2,1-3H3. The Hall–Kier alpha value is -1.52. The van der Waals surface area contributed by atoms with Crippen LogP contribution < -0.4 is 15.2 Å². The smallest absolute Gasteiger partial charge is 0.144 e. The first-order valence-corrected chi connectivity index (χ1v) is 7.12. The number of benzene rings is 2. The molecule has 0 aliphatic carbocycles. The Morgan fingerprint density at radius 2 is 1.80 bits per heavy atom. The first-order valence-electron chi connectivity index (χ1n) is 6.32. The van der Waals surface area contributed by atoms with Crippen molar-refractivity contribution in [2.45, 2.75) is 13.5 Å². The maximum absolute atomic E-state index is 5.85. The van der Waals surface area contributed by atoms with Gasteiger partial charge in [-0.05, 0) is 46.1 Å². The molecule has 2 N–H and O–H groups in total. The number of halogens is 1. The number of ether oxygens (including phenoxy) is 2. The zero-order valence-corrected chi connectivity index (χ0v) is 13.5. The summed E-state index contributed by atoms with van der Waals surface area (Å²) >= 11 is 3.53. The predicted octanol–water partition coefficient (Wildman–Crippen LogP) is 3.90. The maximum Gasteiger partial charge on any atom is 0.144 e. The van der Waals surface area contributed by atoms with Gasteiger partial charge in [0.2, 0.25) is 0 Å². The van der Waals surface area contributed by atoms with Crippen LogP contribution in [0.4, 0.5) is 0 Å². The second-order valence-corrected chi connectivity index (χ2v) is 5.32. The van der Waals surface area contributed by atoms with Crippen molar-refractivity contribution in [1.29, 1.82) is 0 Å². The quantitative estimate of drug-likeness (QED) is 0.921. The molecule has 0 atom stereocenters. The Labute approximate surface area is 127 Å². The van der Waals surface area contributed by atoms with E-state index in [-0.39, 0.29) is 0 Å². The minimum Gasteiger partial charge on any atom is -0.495 e. The highest BCUT2D eigenvalue weighted by Crippen LogP contribution is 2.43. The molecule has 0 radical (unpaired) electrons. The molecule has 3 nitrogen and oxygen atoms in total. The summed E-state index contributed by atoms with van der Waals surface area (Å²) in [5, 5.41) is 0. The Balaban J connectivity index is 2.69. The van der Waals surface area contributed by atoms with Crippen LogP contribution in [0.2, 0.25) is 0 Å².